The molecule has 21 heavy (non-hydrogen) atoms. The SMILES string of the molecule is C=C(NC)c1cnc2c(c1)CN(CC1=CCCC=C1)CC2. The Bertz CT molecular complexity index is 598. The number of hydrogen-bond donors (Lipinski definition) is 1. The summed E-state index contributed by atoms with van der Waals surface area (Å²) in [6.07, 6.45) is 12.3. The van der Waals surface area contributed by atoms with Crippen LogP contribution in [-0.4, -0.2) is 30.0 Å². The van der Waals surface area contributed by atoms with Gasteiger partial charge in [-0.15, -0.1) is 0 Å². The molecule has 0 amide bonds. The summed E-state index contributed by atoms with van der Waals surface area (Å²) in [5.74, 6) is 0. The highest BCUT2D eigenvalue weighted by Gasteiger charge is 2.18. The third-order valence-electron chi connectivity index (χ3n) is 4.25. The standard InChI is InChI=1S/C18H23N3/c1-14(19-2)16-10-17-13-21(9-8-18(17)20-11-16)12-15-6-4-3-5-7-15/h4,6-7,10-11,19H,1,3,5,8-9,12-13H2,2H3. The van der Waals surface area contributed by atoms with Crippen LogP contribution in [0, 0.1) is 0 Å². The first-order valence-electron chi connectivity index (χ1n) is 7.69. The van der Waals surface area contributed by atoms with Crippen molar-refractivity contribution in [3.63, 3.8) is 0 Å². The first-order chi connectivity index (χ1) is 10.3. The molecule has 0 fully saturated rings. The van der Waals surface area contributed by atoms with E-state index in [1.54, 1.807) is 0 Å². The van der Waals surface area contributed by atoms with Gasteiger partial charge < -0.3 is 5.32 Å². The van der Waals surface area contributed by atoms with E-state index < -0.39 is 0 Å². The summed E-state index contributed by atoms with van der Waals surface area (Å²) in [5, 5.41) is 3.10. The molecular weight excluding hydrogens is 258 g/mol. The van der Waals surface area contributed by atoms with Crippen LogP contribution in [0.2, 0.25) is 0 Å². The van der Waals surface area contributed by atoms with Crippen LogP contribution in [0.5, 0.6) is 0 Å². The second-order valence-corrected chi connectivity index (χ2v) is 5.78. The summed E-state index contributed by atoms with van der Waals surface area (Å²) < 4.78 is 0. The molecule has 1 aliphatic heterocycles. The van der Waals surface area contributed by atoms with Crippen LogP contribution in [0.25, 0.3) is 5.70 Å². The smallest absolute Gasteiger partial charge is 0.0461 e. The second kappa shape index (κ2) is 6.27. The molecule has 0 aromatic carbocycles. The van der Waals surface area contributed by atoms with Crippen molar-refractivity contribution in [2.75, 3.05) is 20.1 Å². The highest BCUT2D eigenvalue weighted by atomic mass is 15.1. The molecule has 1 aromatic rings. The molecule has 3 rings (SSSR count). The van der Waals surface area contributed by atoms with E-state index in [9.17, 15) is 0 Å². The molecule has 1 N–H and O–H groups in total. The predicted octanol–water partition coefficient (Wildman–Crippen LogP) is 2.91. The van der Waals surface area contributed by atoms with Gasteiger partial charge in [-0.25, -0.2) is 0 Å². The van der Waals surface area contributed by atoms with Gasteiger partial charge in [0, 0.05) is 56.3 Å². The molecule has 110 valence electrons. The highest BCUT2D eigenvalue weighted by molar-refractivity contribution is 5.61. The summed E-state index contributed by atoms with van der Waals surface area (Å²) in [7, 11) is 1.90. The summed E-state index contributed by atoms with van der Waals surface area (Å²) >= 11 is 0. The fraction of sp³-hybridized carbons (Fsp3) is 0.389. The largest absolute Gasteiger partial charge is 0.388 e. The van der Waals surface area contributed by atoms with Crippen LogP contribution in [0.15, 0.2) is 42.6 Å². The third-order valence-corrected chi connectivity index (χ3v) is 4.25. The lowest BCUT2D eigenvalue weighted by atomic mass is 10.0. The van der Waals surface area contributed by atoms with Crippen molar-refractivity contribution in [2.24, 2.45) is 0 Å². The quantitative estimate of drug-likeness (QED) is 0.920. The van der Waals surface area contributed by atoms with Gasteiger partial charge in [-0.3, -0.25) is 9.88 Å². The Morgan fingerprint density at radius 2 is 2.33 bits per heavy atom. The Morgan fingerprint density at radius 1 is 1.43 bits per heavy atom. The molecular formula is C18H23N3. The highest BCUT2D eigenvalue weighted by Crippen LogP contribution is 2.22. The number of hydrogen-bond acceptors (Lipinski definition) is 3. The number of allylic oxidation sites excluding steroid dienone is 2. The van der Waals surface area contributed by atoms with E-state index in [4.69, 9.17) is 0 Å². The molecule has 2 heterocycles. The zero-order chi connectivity index (χ0) is 14.7. The Balaban J connectivity index is 1.73. The molecule has 0 saturated heterocycles. The molecule has 2 aliphatic rings. The van der Waals surface area contributed by atoms with Crippen LogP contribution in [0.3, 0.4) is 0 Å². The third kappa shape index (κ3) is 3.24. The van der Waals surface area contributed by atoms with Crippen LogP contribution in [0.4, 0.5) is 0 Å². The molecule has 0 saturated carbocycles. The van der Waals surface area contributed by atoms with Gasteiger partial charge in [0.1, 0.15) is 0 Å². The average Bonchev–Trinajstić information content (AvgIpc) is 2.54. The maximum Gasteiger partial charge on any atom is 0.0461 e. The minimum Gasteiger partial charge on any atom is -0.388 e. The lowest BCUT2D eigenvalue weighted by Gasteiger charge is -2.29. The number of rotatable bonds is 4. The van der Waals surface area contributed by atoms with Crippen molar-refractivity contribution in [3.05, 3.63) is 59.5 Å². The van der Waals surface area contributed by atoms with Gasteiger partial charge in [0.05, 0.1) is 0 Å². The van der Waals surface area contributed by atoms with E-state index in [0.29, 0.717) is 0 Å². The monoisotopic (exact) mass is 281 g/mol. The molecule has 0 bridgehead atoms. The Kier molecular flexibility index (Phi) is 4.20. The van der Waals surface area contributed by atoms with Crippen molar-refractivity contribution >= 4 is 5.70 Å². The molecule has 1 aromatic heterocycles. The van der Waals surface area contributed by atoms with E-state index in [-0.39, 0.29) is 0 Å². The molecule has 3 heteroatoms. The molecule has 0 radical (unpaired) electrons. The summed E-state index contributed by atoms with van der Waals surface area (Å²) in [6, 6.07) is 2.23. The number of aromatic nitrogens is 1. The minimum atomic E-state index is 0.931. The number of nitrogens with one attached hydrogen (secondary N) is 1. The first-order valence-corrected chi connectivity index (χ1v) is 7.69. The van der Waals surface area contributed by atoms with E-state index in [0.717, 1.165) is 37.3 Å². The zero-order valence-electron chi connectivity index (χ0n) is 12.7. The summed E-state index contributed by atoms with van der Waals surface area (Å²) in [4.78, 5) is 7.12. The van der Waals surface area contributed by atoms with Crippen molar-refractivity contribution in [2.45, 2.75) is 25.8 Å². The molecule has 0 atom stereocenters. The number of nitrogens with zero attached hydrogens (tertiary/aromatic N) is 2. The zero-order valence-corrected chi connectivity index (χ0v) is 12.7. The Morgan fingerprint density at radius 3 is 3.10 bits per heavy atom. The van der Waals surface area contributed by atoms with E-state index in [1.165, 1.54) is 29.7 Å². The van der Waals surface area contributed by atoms with E-state index >= 15 is 0 Å². The Labute approximate surface area is 127 Å². The first kappa shape index (κ1) is 14.1. The van der Waals surface area contributed by atoms with Crippen molar-refractivity contribution in [1.82, 2.24) is 15.2 Å². The Hall–Kier alpha value is -1.87. The van der Waals surface area contributed by atoms with E-state index in [2.05, 4.69) is 46.1 Å². The van der Waals surface area contributed by atoms with Crippen molar-refractivity contribution in [3.8, 4) is 0 Å². The van der Waals surface area contributed by atoms with Gasteiger partial charge in [-0.1, -0.05) is 24.8 Å². The van der Waals surface area contributed by atoms with Gasteiger partial charge in [-0.2, -0.15) is 0 Å². The van der Waals surface area contributed by atoms with Crippen molar-refractivity contribution in [1.29, 1.82) is 0 Å². The summed E-state index contributed by atoms with van der Waals surface area (Å²) in [5.41, 5.74) is 6.06. The van der Waals surface area contributed by atoms with Gasteiger partial charge in [0.25, 0.3) is 0 Å². The van der Waals surface area contributed by atoms with Gasteiger partial charge >= 0.3 is 0 Å². The number of pyridine rings is 1. The fourth-order valence-electron chi connectivity index (χ4n) is 2.97. The maximum atomic E-state index is 4.61. The molecule has 0 spiro atoms. The van der Waals surface area contributed by atoms with Crippen LogP contribution >= 0.6 is 0 Å². The van der Waals surface area contributed by atoms with Gasteiger partial charge in [0.15, 0.2) is 0 Å². The fourth-order valence-corrected chi connectivity index (χ4v) is 2.97. The maximum absolute atomic E-state index is 4.61. The van der Waals surface area contributed by atoms with Crippen LogP contribution < -0.4 is 5.32 Å². The molecule has 1 aliphatic carbocycles. The topological polar surface area (TPSA) is 28.2 Å². The second-order valence-electron chi connectivity index (χ2n) is 5.78. The van der Waals surface area contributed by atoms with Crippen LogP contribution in [0.1, 0.15) is 29.7 Å². The minimum absolute atomic E-state index is 0.931. The molecule has 3 nitrogen and oxygen atoms in total. The summed E-state index contributed by atoms with van der Waals surface area (Å²) in [6.45, 7) is 7.15. The van der Waals surface area contributed by atoms with Gasteiger partial charge in [-0.05, 0) is 30.0 Å². The average molecular weight is 281 g/mol. The van der Waals surface area contributed by atoms with Crippen LogP contribution in [-0.2, 0) is 13.0 Å². The van der Waals surface area contributed by atoms with Crippen molar-refractivity contribution < 1.29 is 0 Å². The number of fused-ring (bicyclic) bond motifs is 1. The lowest BCUT2D eigenvalue weighted by molar-refractivity contribution is 0.274. The molecule has 0 unspecified atom stereocenters. The lowest BCUT2D eigenvalue weighted by Crippen LogP contribution is -2.32. The predicted molar refractivity (Wildman–Crippen MR) is 87.8 cm³/mol. The van der Waals surface area contributed by atoms with E-state index in [1.807, 2.05) is 13.2 Å². The normalized spacial score (nSPS) is 18.0. The van der Waals surface area contributed by atoms with Gasteiger partial charge in [0.2, 0.25) is 0 Å².